The third-order valence-electron chi connectivity index (χ3n) is 4.03. The molecule has 0 saturated carbocycles. The lowest BCUT2D eigenvalue weighted by atomic mass is 10.1. The molecule has 108 valence electrons. The Kier molecular flexibility index (Phi) is 2.66. The van der Waals surface area contributed by atoms with Gasteiger partial charge in [0.1, 0.15) is 0 Å². The topological polar surface area (TPSA) is 38.7 Å². The zero-order chi connectivity index (χ0) is 15.2. The summed E-state index contributed by atoms with van der Waals surface area (Å²) in [6, 6.07) is 16.6. The number of thiophene rings is 1. The van der Waals surface area contributed by atoms with Gasteiger partial charge in [-0.25, -0.2) is 4.98 Å². The van der Waals surface area contributed by atoms with Crippen LogP contribution in [0.3, 0.4) is 0 Å². The van der Waals surface area contributed by atoms with Crippen molar-refractivity contribution in [3.05, 3.63) is 67.1 Å². The van der Waals surface area contributed by atoms with Gasteiger partial charge in [-0.15, -0.1) is 11.3 Å². The molecule has 4 heteroatoms. The summed E-state index contributed by atoms with van der Waals surface area (Å²) >= 11 is 1.77. The third kappa shape index (κ3) is 1.92. The summed E-state index contributed by atoms with van der Waals surface area (Å²) in [5.41, 5.74) is 2.82. The Morgan fingerprint density at radius 2 is 1.70 bits per heavy atom. The van der Waals surface area contributed by atoms with Crippen molar-refractivity contribution in [3.8, 4) is 11.4 Å². The molecule has 0 spiro atoms. The van der Waals surface area contributed by atoms with Crippen LogP contribution >= 0.6 is 11.3 Å². The number of nitrogens with zero attached hydrogens (tertiary/aromatic N) is 3. The van der Waals surface area contributed by atoms with Crippen molar-refractivity contribution in [2.24, 2.45) is 0 Å². The molecule has 0 radical (unpaired) electrons. The van der Waals surface area contributed by atoms with E-state index in [2.05, 4.69) is 40.3 Å². The minimum absolute atomic E-state index is 0.882. The Balaban J connectivity index is 1.84. The van der Waals surface area contributed by atoms with Crippen LogP contribution in [0.25, 0.3) is 42.5 Å². The fraction of sp³-hybridized carbons (Fsp3) is 0. The molecule has 0 atom stereocenters. The summed E-state index contributed by atoms with van der Waals surface area (Å²) in [5, 5.41) is 3.36. The minimum atomic E-state index is 0.882. The SMILES string of the molecule is c1ccc2c(c1)sc1ccc(-c3nccc4ccncc34)nc12. The van der Waals surface area contributed by atoms with Gasteiger partial charge in [0.25, 0.3) is 0 Å². The smallest absolute Gasteiger partial charge is 0.0980 e. The average molecular weight is 313 g/mol. The highest BCUT2D eigenvalue weighted by molar-refractivity contribution is 7.25. The van der Waals surface area contributed by atoms with Crippen LogP contribution < -0.4 is 0 Å². The first-order valence-corrected chi connectivity index (χ1v) is 8.19. The molecule has 0 saturated heterocycles. The molecular formula is C19H11N3S. The van der Waals surface area contributed by atoms with Crippen LogP contribution in [-0.4, -0.2) is 15.0 Å². The second-order valence-electron chi connectivity index (χ2n) is 5.40. The monoisotopic (exact) mass is 313 g/mol. The van der Waals surface area contributed by atoms with Gasteiger partial charge in [-0.05, 0) is 35.7 Å². The Morgan fingerprint density at radius 3 is 2.70 bits per heavy atom. The van der Waals surface area contributed by atoms with E-state index in [1.807, 2.05) is 30.6 Å². The first-order chi connectivity index (χ1) is 11.4. The van der Waals surface area contributed by atoms with Crippen molar-refractivity contribution in [1.29, 1.82) is 0 Å². The lowest BCUT2D eigenvalue weighted by molar-refractivity contribution is 1.29. The van der Waals surface area contributed by atoms with Crippen LogP contribution in [0.1, 0.15) is 0 Å². The van der Waals surface area contributed by atoms with Gasteiger partial charge in [0.15, 0.2) is 0 Å². The molecule has 0 bridgehead atoms. The van der Waals surface area contributed by atoms with E-state index < -0.39 is 0 Å². The Morgan fingerprint density at radius 1 is 0.783 bits per heavy atom. The predicted molar refractivity (Wildman–Crippen MR) is 95.7 cm³/mol. The van der Waals surface area contributed by atoms with E-state index in [1.54, 1.807) is 17.5 Å². The maximum atomic E-state index is 4.90. The molecule has 5 rings (SSSR count). The van der Waals surface area contributed by atoms with Gasteiger partial charge in [0, 0.05) is 34.1 Å². The van der Waals surface area contributed by atoms with Crippen molar-refractivity contribution < 1.29 is 0 Å². The highest BCUT2D eigenvalue weighted by Crippen LogP contribution is 2.34. The summed E-state index contributed by atoms with van der Waals surface area (Å²) in [7, 11) is 0. The van der Waals surface area contributed by atoms with E-state index in [1.165, 1.54) is 14.8 Å². The highest BCUT2D eigenvalue weighted by Gasteiger charge is 2.11. The van der Waals surface area contributed by atoms with Gasteiger partial charge >= 0.3 is 0 Å². The number of aromatic nitrogens is 3. The summed E-state index contributed by atoms with van der Waals surface area (Å²) in [6.07, 6.45) is 5.49. The maximum Gasteiger partial charge on any atom is 0.0980 e. The summed E-state index contributed by atoms with van der Waals surface area (Å²) in [6.45, 7) is 0. The Labute approximate surface area is 136 Å². The molecule has 23 heavy (non-hydrogen) atoms. The fourth-order valence-electron chi connectivity index (χ4n) is 2.94. The first kappa shape index (κ1) is 12.7. The van der Waals surface area contributed by atoms with E-state index in [4.69, 9.17) is 4.98 Å². The molecule has 0 unspecified atom stereocenters. The van der Waals surface area contributed by atoms with E-state index in [0.29, 0.717) is 0 Å². The van der Waals surface area contributed by atoms with Crippen LogP contribution in [0.15, 0.2) is 67.1 Å². The van der Waals surface area contributed by atoms with Crippen LogP contribution in [0, 0.1) is 0 Å². The Bertz CT molecular complexity index is 1170. The predicted octanol–water partition coefficient (Wildman–Crippen LogP) is 5.06. The fourth-order valence-corrected chi connectivity index (χ4v) is 3.98. The lowest BCUT2D eigenvalue weighted by Gasteiger charge is -2.04. The minimum Gasteiger partial charge on any atom is -0.264 e. The Hall–Kier alpha value is -2.85. The molecular weight excluding hydrogens is 302 g/mol. The normalized spacial score (nSPS) is 11.5. The zero-order valence-electron chi connectivity index (χ0n) is 12.1. The molecule has 0 aliphatic carbocycles. The van der Waals surface area contributed by atoms with E-state index >= 15 is 0 Å². The number of benzene rings is 1. The summed E-state index contributed by atoms with van der Waals surface area (Å²) in [5.74, 6) is 0. The van der Waals surface area contributed by atoms with Crippen molar-refractivity contribution in [2.75, 3.05) is 0 Å². The molecule has 3 nitrogen and oxygen atoms in total. The number of pyridine rings is 3. The second-order valence-corrected chi connectivity index (χ2v) is 6.48. The van der Waals surface area contributed by atoms with Crippen LogP contribution in [0.4, 0.5) is 0 Å². The van der Waals surface area contributed by atoms with E-state index in [-0.39, 0.29) is 0 Å². The van der Waals surface area contributed by atoms with Crippen molar-refractivity contribution in [3.63, 3.8) is 0 Å². The van der Waals surface area contributed by atoms with E-state index in [0.717, 1.165) is 27.7 Å². The molecule has 4 heterocycles. The van der Waals surface area contributed by atoms with Crippen LogP contribution in [0.5, 0.6) is 0 Å². The first-order valence-electron chi connectivity index (χ1n) is 7.37. The molecule has 0 fully saturated rings. The number of fused-ring (bicyclic) bond motifs is 4. The number of hydrogen-bond acceptors (Lipinski definition) is 4. The molecule has 0 aliphatic heterocycles. The lowest BCUT2D eigenvalue weighted by Crippen LogP contribution is -1.89. The summed E-state index contributed by atoms with van der Waals surface area (Å²) in [4.78, 5) is 13.7. The zero-order valence-corrected chi connectivity index (χ0v) is 12.9. The highest BCUT2D eigenvalue weighted by atomic mass is 32.1. The quantitative estimate of drug-likeness (QED) is 0.434. The molecule has 1 aromatic carbocycles. The standard InChI is InChI=1S/C19H11N3S/c1-2-4-16-13(3-1)19-17(23-16)6-5-15(22-19)18-14-11-20-9-7-12(14)8-10-21-18/h1-11H. The van der Waals surface area contributed by atoms with Gasteiger partial charge in [-0.3, -0.25) is 9.97 Å². The second kappa shape index (κ2) is 4.83. The number of rotatable bonds is 1. The molecule has 0 aliphatic rings. The maximum absolute atomic E-state index is 4.90. The van der Waals surface area contributed by atoms with Crippen LogP contribution in [-0.2, 0) is 0 Å². The van der Waals surface area contributed by atoms with Crippen molar-refractivity contribution in [1.82, 2.24) is 15.0 Å². The van der Waals surface area contributed by atoms with Gasteiger partial charge in [0.2, 0.25) is 0 Å². The molecule has 5 aromatic rings. The van der Waals surface area contributed by atoms with Gasteiger partial charge in [-0.1, -0.05) is 18.2 Å². The van der Waals surface area contributed by atoms with Crippen LogP contribution in [0.2, 0.25) is 0 Å². The van der Waals surface area contributed by atoms with Crippen molar-refractivity contribution >= 4 is 42.4 Å². The molecule has 0 amide bonds. The van der Waals surface area contributed by atoms with E-state index in [9.17, 15) is 0 Å². The van der Waals surface area contributed by atoms with Gasteiger partial charge < -0.3 is 0 Å². The third-order valence-corrected chi connectivity index (χ3v) is 5.16. The van der Waals surface area contributed by atoms with Gasteiger partial charge in [-0.2, -0.15) is 0 Å². The molecule has 4 aromatic heterocycles. The number of hydrogen-bond donors (Lipinski definition) is 0. The molecule has 0 N–H and O–H groups in total. The van der Waals surface area contributed by atoms with Crippen molar-refractivity contribution in [2.45, 2.75) is 0 Å². The largest absolute Gasteiger partial charge is 0.264 e. The summed E-state index contributed by atoms with van der Waals surface area (Å²) < 4.78 is 2.47. The van der Waals surface area contributed by atoms with Gasteiger partial charge in [0.05, 0.1) is 21.6 Å². The average Bonchev–Trinajstić information content (AvgIpc) is 2.99.